The second-order valence-electron chi connectivity index (χ2n) is 3.49. The van der Waals surface area contributed by atoms with E-state index in [0.29, 0.717) is 12.4 Å². The van der Waals surface area contributed by atoms with Gasteiger partial charge in [-0.1, -0.05) is 0 Å². The SMILES string of the molecule is CCOc1cc(OC)ccc1-c1cn[nH]c1N. The summed E-state index contributed by atoms with van der Waals surface area (Å²) in [4.78, 5) is 0. The van der Waals surface area contributed by atoms with Crippen molar-refractivity contribution in [1.82, 2.24) is 10.2 Å². The lowest BCUT2D eigenvalue weighted by atomic mass is 10.1. The van der Waals surface area contributed by atoms with Gasteiger partial charge in [0.05, 0.1) is 19.9 Å². The molecule has 0 saturated heterocycles. The van der Waals surface area contributed by atoms with E-state index in [2.05, 4.69) is 10.2 Å². The number of nitrogen functional groups attached to an aromatic ring is 1. The van der Waals surface area contributed by atoms with Crippen LogP contribution in [0.15, 0.2) is 24.4 Å². The smallest absolute Gasteiger partial charge is 0.130 e. The van der Waals surface area contributed by atoms with Crippen molar-refractivity contribution in [3.05, 3.63) is 24.4 Å². The maximum atomic E-state index is 5.80. The van der Waals surface area contributed by atoms with Gasteiger partial charge in [0.2, 0.25) is 0 Å². The van der Waals surface area contributed by atoms with Crippen molar-refractivity contribution < 1.29 is 9.47 Å². The molecule has 3 N–H and O–H groups in total. The zero-order chi connectivity index (χ0) is 12.3. The van der Waals surface area contributed by atoms with Crippen LogP contribution in [-0.2, 0) is 0 Å². The van der Waals surface area contributed by atoms with Crippen LogP contribution in [0.4, 0.5) is 5.82 Å². The Bertz CT molecular complexity index is 508. The summed E-state index contributed by atoms with van der Waals surface area (Å²) >= 11 is 0. The van der Waals surface area contributed by atoms with Gasteiger partial charge in [-0.25, -0.2) is 0 Å². The molecule has 0 amide bonds. The Morgan fingerprint density at radius 1 is 1.35 bits per heavy atom. The summed E-state index contributed by atoms with van der Waals surface area (Å²) in [5, 5.41) is 6.61. The first-order valence-corrected chi connectivity index (χ1v) is 5.36. The number of nitrogens with two attached hydrogens (primary N) is 1. The molecule has 0 aliphatic heterocycles. The van der Waals surface area contributed by atoms with Crippen LogP contribution in [0.5, 0.6) is 11.5 Å². The highest BCUT2D eigenvalue weighted by Crippen LogP contribution is 2.35. The largest absolute Gasteiger partial charge is 0.497 e. The standard InChI is InChI=1S/C12H15N3O2/c1-3-17-11-6-8(16-2)4-5-9(11)10-7-14-15-12(10)13/h4-7H,3H2,1-2H3,(H3,13,14,15). The van der Waals surface area contributed by atoms with E-state index >= 15 is 0 Å². The molecule has 5 nitrogen and oxygen atoms in total. The van der Waals surface area contributed by atoms with E-state index in [-0.39, 0.29) is 0 Å². The van der Waals surface area contributed by atoms with Gasteiger partial charge in [-0.3, -0.25) is 5.10 Å². The summed E-state index contributed by atoms with van der Waals surface area (Å²) in [5.74, 6) is 2.01. The van der Waals surface area contributed by atoms with Gasteiger partial charge in [0.1, 0.15) is 17.3 Å². The number of nitrogens with one attached hydrogen (secondary N) is 1. The van der Waals surface area contributed by atoms with Crippen molar-refractivity contribution >= 4 is 5.82 Å². The summed E-state index contributed by atoms with van der Waals surface area (Å²) in [5.41, 5.74) is 7.53. The number of hydrogen-bond acceptors (Lipinski definition) is 4. The molecule has 2 rings (SSSR count). The van der Waals surface area contributed by atoms with Crippen LogP contribution < -0.4 is 15.2 Å². The number of aromatic amines is 1. The third-order valence-corrected chi connectivity index (χ3v) is 2.45. The van der Waals surface area contributed by atoms with E-state index in [9.17, 15) is 0 Å². The zero-order valence-electron chi connectivity index (χ0n) is 9.86. The Kier molecular flexibility index (Phi) is 3.18. The molecule has 2 aromatic rings. The van der Waals surface area contributed by atoms with Crippen molar-refractivity contribution in [3.8, 4) is 22.6 Å². The maximum Gasteiger partial charge on any atom is 0.130 e. The first kappa shape index (κ1) is 11.3. The molecule has 17 heavy (non-hydrogen) atoms. The van der Waals surface area contributed by atoms with E-state index in [1.807, 2.05) is 25.1 Å². The van der Waals surface area contributed by atoms with Crippen LogP contribution in [-0.4, -0.2) is 23.9 Å². The van der Waals surface area contributed by atoms with E-state index in [0.717, 1.165) is 22.6 Å². The van der Waals surface area contributed by atoms with Gasteiger partial charge in [0.25, 0.3) is 0 Å². The second kappa shape index (κ2) is 4.78. The highest BCUT2D eigenvalue weighted by Gasteiger charge is 2.11. The Morgan fingerprint density at radius 3 is 2.76 bits per heavy atom. The maximum absolute atomic E-state index is 5.80. The summed E-state index contributed by atoms with van der Waals surface area (Å²) in [6.07, 6.45) is 1.68. The number of rotatable bonds is 4. The lowest BCUT2D eigenvalue weighted by molar-refractivity contribution is 0.337. The van der Waals surface area contributed by atoms with Gasteiger partial charge >= 0.3 is 0 Å². The predicted octanol–water partition coefficient (Wildman–Crippen LogP) is 2.07. The molecule has 0 aliphatic carbocycles. The van der Waals surface area contributed by atoms with Gasteiger partial charge < -0.3 is 15.2 Å². The third-order valence-electron chi connectivity index (χ3n) is 2.45. The molecule has 90 valence electrons. The molecule has 5 heteroatoms. The average Bonchev–Trinajstić information content (AvgIpc) is 2.76. The van der Waals surface area contributed by atoms with Gasteiger partial charge in [-0.05, 0) is 19.1 Å². The monoisotopic (exact) mass is 233 g/mol. The Labute approximate surface area is 99.5 Å². The third kappa shape index (κ3) is 2.18. The number of benzene rings is 1. The van der Waals surface area contributed by atoms with Crippen LogP contribution >= 0.6 is 0 Å². The van der Waals surface area contributed by atoms with Crippen molar-refractivity contribution in [2.24, 2.45) is 0 Å². The highest BCUT2D eigenvalue weighted by atomic mass is 16.5. The number of aromatic nitrogens is 2. The minimum absolute atomic E-state index is 0.524. The molecule has 1 heterocycles. The fraction of sp³-hybridized carbons (Fsp3) is 0.250. The van der Waals surface area contributed by atoms with Crippen molar-refractivity contribution in [2.75, 3.05) is 19.5 Å². The van der Waals surface area contributed by atoms with Crippen LogP contribution in [0.25, 0.3) is 11.1 Å². The zero-order valence-corrected chi connectivity index (χ0v) is 9.86. The van der Waals surface area contributed by atoms with Crippen LogP contribution in [0.3, 0.4) is 0 Å². The summed E-state index contributed by atoms with van der Waals surface area (Å²) < 4.78 is 10.8. The van der Waals surface area contributed by atoms with E-state index < -0.39 is 0 Å². The van der Waals surface area contributed by atoms with E-state index in [1.165, 1.54) is 0 Å². The minimum atomic E-state index is 0.524. The number of hydrogen-bond donors (Lipinski definition) is 2. The van der Waals surface area contributed by atoms with Crippen LogP contribution in [0, 0.1) is 0 Å². The molecular formula is C12H15N3O2. The Balaban J connectivity index is 2.49. The number of methoxy groups -OCH3 is 1. The summed E-state index contributed by atoms with van der Waals surface area (Å²) in [6, 6.07) is 5.61. The first-order valence-electron chi connectivity index (χ1n) is 5.36. The van der Waals surface area contributed by atoms with Crippen molar-refractivity contribution in [3.63, 3.8) is 0 Å². The molecule has 0 unspecified atom stereocenters. The summed E-state index contributed by atoms with van der Waals surface area (Å²) in [7, 11) is 1.62. The number of ether oxygens (including phenoxy) is 2. The van der Waals surface area contributed by atoms with E-state index in [1.54, 1.807) is 13.3 Å². The molecule has 0 bridgehead atoms. The molecule has 0 fully saturated rings. The lowest BCUT2D eigenvalue weighted by Gasteiger charge is -2.11. The predicted molar refractivity (Wildman–Crippen MR) is 66.2 cm³/mol. The van der Waals surface area contributed by atoms with E-state index in [4.69, 9.17) is 15.2 Å². The summed E-state index contributed by atoms with van der Waals surface area (Å²) in [6.45, 7) is 2.51. The molecule has 0 radical (unpaired) electrons. The van der Waals surface area contributed by atoms with Crippen molar-refractivity contribution in [2.45, 2.75) is 6.92 Å². The Morgan fingerprint density at radius 2 is 2.18 bits per heavy atom. The quantitative estimate of drug-likeness (QED) is 0.847. The molecule has 0 spiro atoms. The average molecular weight is 233 g/mol. The fourth-order valence-corrected chi connectivity index (χ4v) is 1.64. The Hall–Kier alpha value is -2.17. The second-order valence-corrected chi connectivity index (χ2v) is 3.49. The number of H-pyrrole nitrogens is 1. The van der Waals surface area contributed by atoms with Gasteiger partial charge in [0.15, 0.2) is 0 Å². The van der Waals surface area contributed by atoms with Crippen molar-refractivity contribution in [1.29, 1.82) is 0 Å². The molecule has 0 aliphatic rings. The fourth-order valence-electron chi connectivity index (χ4n) is 1.64. The van der Waals surface area contributed by atoms with Crippen LogP contribution in [0.1, 0.15) is 6.92 Å². The molecule has 0 atom stereocenters. The molecular weight excluding hydrogens is 218 g/mol. The van der Waals surface area contributed by atoms with Gasteiger partial charge in [-0.15, -0.1) is 0 Å². The minimum Gasteiger partial charge on any atom is -0.497 e. The normalized spacial score (nSPS) is 10.2. The molecule has 1 aromatic heterocycles. The molecule has 1 aromatic carbocycles. The van der Waals surface area contributed by atoms with Gasteiger partial charge in [0, 0.05) is 17.2 Å². The lowest BCUT2D eigenvalue weighted by Crippen LogP contribution is -1.96. The highest BCUT2D eigenvalue weighted by molar-refractivity contribution is 5.78. The first-order chi connectivity index (χ1) is 8.26. The van der Waals surface area contributed by atoms with Gasteiger partial charge in [-0.2, -0.15) is 5.10 Å². The van der Waals surface area contributed by atoms with Crippen LogP contribution in [0.2, 0.25) is 0 Å². The topological polar surface area (TPSA) is 73.2 Å². The molecule has 0 saturated carbocycles. The number of anilines is 1. The number of nitrogens with zero attached hydrogens (tertiary/aromatic N) is 1.